The van der Waals surface area contributed by atoms with Gasteiger partial charge in [-0.3, -0.25) is 4.79 Å². The van der Waals surface area contributed by atoms with Gasteiger partial charge in [0.15, 0.2) is 5.76 Å². The number of carbonyl (C=O) groups excluding carboxylic acids is 1. The molecule has 0 aromatic carbocycles. The molecular weight excluding hydrogens is 216 g/mol. The van der Waals surface area contributed by atoms with Crippen molar-refractivity contribution in [2.45, 2.75) is 32.7 Å². The van der Waals surface area contributed by atoms with E-state index in [1.165, 1.54) is 0 Å². The van der Waals surface area contributed by atoms with E-state index in [1.54, 1.807) is 6.07 Å². The van der Waals surface area contributed by atoms with Gasteiger partial charge in [-0.2, -0.15) is 0 Å². The molecule has 4 nitrogen and oxygen atoms in total. The number of piperidine rings is 1. The van der Waals surface area contributed by atoms with Gasteiger partial charge in [-0.05, 0) is 44.7 Å². The highest BCUT2D eigenvalue weighted by Gasteiger charge is 2.26. The number of carbonyl (C=O) groups is 1. The van der Waals surface area contributed by atoms with E-state index in [0.717, 1.165) is 31.7 Å². The maximum Gasteiger partial charge on any atom is 0.289 e. The van der Waals surface area contributed by atoms with Crippen LogP contribution in [0.3, 0.4) is 0 Å². The molecule has 2 N–H and O–H groups in total. The highest BCUT2D eigenvalue weighted by molar-refractivity contribution is 5.91. The summed E-state index contributed by atoms with van der Waals surface area (Å²) in [6, 6.07) is 3.79. The molecule has 1 amide bonds. The van der Waals surface area contributed by atoms with Crippen molar-refractivity contribution in [2.24, 2.45) is 11.7 Å². The third-order valence-electron chi connectivity index (χ3n) is 3.52. The highest BCUT2D eigenvalue weighted by atomic mass is 16.3. The molecule has 1 aliphatic heterocycles. The molecular formula is C13H20N2O2. The zero-order valence-electron chi connectivity index (χ0n) is 10.5. The lowest BCUT2D eigenvalue weighted by Crippen LogP contribution is -2.42. The SMILES string of the molecule is Cc1ccc(C(=O)N2CCC(C(C)N)CC2)o1. The Morgan fingerprint density at radius 3 is 2.59 bits per heavy atom. The van der Waals surface area contributed by atoms with E-state index in [-0.39, 0.29) is 11.9 Å². The largest absolute Gasteiger partial charge is 0.456 e. The van der Waals surface area contributed by atoms with E-state index in [9.17, 15) is 4.79 Å². The molecule has 1 aliphatic rings. The van der Waals surface area contributed by atoms with Crippen molar-refractivity contribution in [2.75, 3.05) is 13.1 Å². The fraction of sp³-hybridized carbons (Fsp3) is 0.615. The predicted octanol–water partition coefficient (Wildman–Crippen LogP) is 1.79. The van der Waals surface area contributed by atoms with Crippen molar-refractivity contribution in [1.82, 2.24) is 4.90 Å². The van der Waals surface area contributed by atoms with Crippen molar-refractivity contribution in [3.05, 3.63) is 23.7 Å². The minimum absolute atomic E-state index is 0.00113. The number of nitrogens with zero attached hydrogens (tertiary/aromatic N) is 1. The number of aryl methyl sites for hydroxylation is 1. The van der Waals surface area contributed by atoms with Gasteiger partial charge in [-0.15, -0.1) is 0 Å². The van der Waals surface area contributed by atoms with Gasteiger partial charge in [0.05, 0.1) is 0 Å². The molecule has 0 spiro atoms. The molecule has 0 saturated carbocycles. The first kappa shape index (κ1) is 12.2. The van der Waals surface area contributed by atoms with E-state index in [0.29, 0.717) is 11.7 Å². The predicted molar refractivity (Wildman–Crippen MR) is 65.7 cm³/mol. The Morgan fingerprint density at radius 1 is 1.47 bits per heavy atom. The highest BCUT2D eigenvalue weighted by Crippen LogP contribution is 2.21. The summed E-state index contributed by atoms with van der Waals surface area (Å²) < 4.78 is 5.36. The summed E-state index contributed by atoms with van der Waals surface area (Å²) in [6.07, 6.45) is 1.98. The molecule has 0 radical (unpaired) electrons. The summed E-state index contributed by atoms with van der Waals surface area (Å²) in [5.74, 6) is 1.76. The maximum atomic E-state index is 12.1. The summed E-state index contributed by atoms with van der Waals surface area (Å²) in [4.78, 5) is 13.9. The van der Waals surface area contributed by atoms with Crippen LogP contribution in [-0.2, 0) is 0 Å². The van der Waals surface area contributed by atoms with Crippen LogP contribution in [-0.4, -0.2) is 29.9 Å². The Morgan fingerprint density at radius 2 is 2.12 bits per heavy atom. The number of hydrogen-bond acceptors (Lipinski definition) is 3. The van der Waals surface area contributed by atoms with Crippen molar-refractivity contribution in [3.8, 4) is 0 Å². The summed E-state index contributed by atoms with van der Waals surface area (Å²) in [5.41, 5.74) is 5.88. The van der Waals surface area contributed by atoms with Crippen LogP contribution >= 0.6 is 0 Å². The third kappa shape index (κ3) is 2.69. The Labute approximate surface area is 102 Å². The number of furan rings is 1. The molecule has 1 fully saturated rings. The number of likely N-dealkylation sites (tertiary alicyclic amines) is 1. The van der Waals surface area contributed by atoms with E-state index in [1.807, 2.05) is 24.8 Å². The Hall–Kier alpha value is -1.29. The van der Waals surface area contributed by atoms with Crippen molar-refractivity contribution in [1.29, 1.82) is 0 Å². The van der Waals surface area contributed by atoms with E-state index < -0.39 is 0 Å². The molecule has 2 heterocycles. The van der Waals surface area contributed by atoms with Crippen LogP contribution in [0.4, 0.5) is 0 Å². The minimum atomic E-state index is 0.00113. The normalized spacial score (nSPS) is 19.4. The van der Waals surface area contributed by atoms with E-state index in [4.69, 9.17) is 10.2 Å². The van der Waals surface area contributed by atoms with Crippen LogP contribution in [0.5, 0.6) is 0 Å². The Bertz CT molecular complexity index is 390. The molecule has 4 heteroatoms. The average molecular weight is 236 g/mol. The Kier molecular flexibility index (Phi) is 3.52. The monoisotopic (exact) mass is 236 g/mol. The average Bonchev–Trinajstić information content (AvgIpc) is 2.75. The van der Waals surface area contributed by atoms with Crippen LogP contribution in [0, 0.1) is 12.8 Å². The molecule has 1 atom stereocenters. The zero-order valence-corrected chi connectivity index (χ0v) is 10.5. The van der Waals surface area contributed by atoms with Crippen LogP contribution in [0.1, 0.15) is 36.1 Å². The van der Waals surface area contributed by atoms with Gasteiger partial charge in [-0.1, -0.05) is 0 Å². The van der Waals surface area contributed by atoms with Crippen LogP contribution in [0.25, 0.3) is 0 Å². The molecule has 0 bridgehead atoms. The number of hydrogen-bond donors (Lipinski definition) is 1. The lowest BCUT2D eigenvalue weighted by Gasteiger charge is -2.33. The van der Waals surface area contributed by atoms with Gasteiger partial charge < -0.3 is 15.1 Å². The molecule has 1 aromatic rings. The van der Waals surface area contributed by atoms with E-state index >= 15 is 0 Å². The topological polar surface area (TPSA) is 59.5 Å². The van der Waals surface area contributed by atoms with Crippen molar-refractivity contribution < 1.29 is 9.21 Å². The van der Waals surface area contributed by atoms with Crippen LogP contribution in [0.2, 0.25) is 0 Å². The van der Waals surface area contributed by atoms with Gasteiger partial charge in [-0.25, -0.2) is 0 Å². The molecule has 0 aliphatic carbocycles. The standard InChI is InChI=1S/C13H20N2O2/c1-9-3-4-12(17-9)13(16)15-7-5-11(6-8-15)10(2)14/h3-4,10-11H,5-8,14H2,1-2H3. The molecule has 1 aromatic heterocycles. The molecule has 1 unspecified atom stereocenters. The van der Waals surface area contributed by atoms with E-state index in [2.05, 4.69) is 0 Å². The van der Waals surface area contributed by atoms with Crippen LogP contribution in [0.15, 0.2) is 16.5 Å². The number of rotatable bonds is 2. The first-order valence-electron chi connectivity index (χ1n) is 6.19. The van der Waals surface area contributed by atoms with Gasteiger partial charge >= 0.3 is 0 Å². The third-order valence-corrected chi connectivity index (χ3v) is 3.52. The minimum Gasteiger partial charge on any atom is -0.456 e. The second kappa shape index (κ2) is 4.92. The molecule has 1 saturated heterocycles. The molecule has 2 rings (SSSR count). The lowest BCUT2D eigenvalue weighted by atomic mass is 9.91. The van der Waals surface area contributed by atoms with Crippen LogP contribution < -0.4 is 5.73 Å². The summed E-state index contributed by atoms with van der Waals surface area (Å²) in [7, 11) is 0. The van der Waals surface area contributed by atoms with Gasteiger partial charge in [0.1, 0.15) is 5.76 Å². The first-order chi connectivity index (χ1) is 8.08. The maximum absolute atomic E-state index is 12.1. The molecule has 17 heavy (non-hydrogen) atoms. The summed E-state index contributed by atoms with van der Waals surface area (Å²) >= 11 is 0. The second-order valence-electron chi connectivity index (χ2n) is 4.90. The smallest absolute Gasteiger partial charge is 0.289 e. The Balaban J connectivity index is 1.95. The van der Waals surface area contributed by atoms with Crippen molar-refractivity contribution in [3.63, 3.8) is 0 Å². The second-order valence-corrected chi connectivity index (χ2v) is 4.90. The zero-order chi connectivity index (χ0) is 12.4. The summed E-state index contributed by atoms with van der Waals surface area (Å²) in [6.45, 7) is 5.45. The van der Waals surface area contributed by atoms with Gasteiger partial charge in [0.25, 0.3) is 5.91 Å². The lowest BCUT2D eigenvalue weighted by molar-refractivity contribution is 0.0648. The quantitative estimate of drug-likeness (QED) is 0.851. The number of amides is 1. The first-order valence-corrected chi connectivity index (χ1v) is 6.19. The number of nitrogens with two attached hydrogens (primary N) is 1. The fourth-order valence-corrected chi connectivity index (χ4v) is 2.33. The van der Waals surface area contributed by atoms with Gasteiger partial charge in [0.2, 0.25) is 0 Å². The fourth-order valence-electron chi connectivity index (χ4n) is 2.33. The molecule has 94 valence electrons. The van der Waals surface area contributed by atoms with Gasteiger partial charge in [0, 0.05) is 19.1 Å². The summed E-state index contributed by atoms with van der Waals surface area (Å²) in [5, 5.41) is 0. The van der Waals surface area contributed by atoms with Crippen molar-refractivity contribution >= 4 is 5.91 Å².